The summed E-state index contributed by atoms with van der Waals surface area (Å²) < 4.78 is 0. The summed E-state index contributed by atoms with van der Waals surface area (Å²) >= 11 is 6.54. The number of imide groups is 1. The lowest BCUT2D eigenvalue weighted by atomic mass is 9.59. The van der Waals surface area contributed by atoms with Crippen LogP contribution >= 0.6 is 11.6 Å². The van der Waals surface area contributed by atoms with Gasteiger partial charge in [-0.05, 0) is 55.5 Å². The molecule has 1 saturated heterocycles. The first kappa shape index (κ1) is 24.9. The SMILES string of the molecule is CC1=CC(=O)C2=C(CC3C(=CCC4C(=O)N(c5cccc([N+](=O)[O-])c5)C(=O)C43)C2c2ccc(O)cc2Cl)C1=O. The second kappa shape index (κ2) is 8.84. The van der Waals surface area contributed by atoms with Gasteiger partial charge in [0.1, 0.15) is 5.75 Å². The van der Waals surface area contributed by atoms with Crippen molar-refractivity contribution in [3.8, 4) is 5.75 Å². The lowest BCUT2D eigenvalue weighted by molar-refractivity contribution is -0.384. The van der Waals surface area contributed by atoms with Crippen LogP contribution in [0.2, 0.25) is 5.02 Å². The number of ketones is 2. The van der Waals surface area contributed by atoms with E-state index in [0.717, 1.165) is 10.5 Å². The number of fused-ring (bicyclic) bond motifs is 3. The summed E-state index contributed by atoms with van der Waals surface area (Å²) in [6.07, 6.45) is 3.49. The average molecular weight is 545 g/mol. The third-order valence-corrected chi connectivity index (χ3v) is 8.48. The molecule has 196 valence electrons. The van der Waals surface area contributed by atoms with Crippen LogP contribution in [0.3, 0.4) is 0 Å². The molecule has 2 amide bonds. The molecule has 9 nitrogen and oxygen atoms in total. The van der Waals surface area contributed by atoms with Crippen LogP contribution in [0.5, 0.6) is 5.75 Å². The Morgan fingerprint density at radius 3 is 2.54 bits per heavy atom. The molecule has 4 atom stereocenters. The van der Waals surface area contributed by atoms with Crippen molar-refractivity contribution >= 4 is 46.4 Å². The topological polar surface area (TPSA) is 135 Å². The van der Waals surface area contributed by atoms with E-state index in [0.29, 0.717) is 22.3 Å². The number of hydrogen-bond acceptors (Lipinski definition) is 7. The number of hydrogen-bond donors (Lipinski definition) is 1. The van der Waals surface area contributed by atoms with Crippen molar-refractivity contribution in [2.24, 2.45) is 17.8 Å². The molecular formula is C29H21ClN2O7. The van der Waals surface area contributed by atoms with Crippen molar-refractivity contribution in [2.75, 3.05) is 4.90 Å². The van der Waals surface area contributed by atoms with E-state index >= 15 is 0 Å². The predicted molar refractivity (Wildman–Crippen MR) is 140 cm³/mol. The number of halogens is 1. The zero-order valence-corrected chi connectivity index (χ0v) is 21.3. The molecule has 0 aromatic heterocycles. The molecule has 39 heavy (non-hydrogen) atoms. The van der Waals surface area contributed by atoms with Gasteiger partial charge < -0.3 is 5.11 Å². The zero-order valence-electron chi connectivity index (χ0n) is 20.6. The Morgan fingerprint density at radius 2 is 1.82 bits per heavy atom. The number of anilines is 1. The normalized spacial score (nSPS) is 26.2. The van der Waals surface area contributed by atoms with Gasteiger partial charge in [0.05, 0.1) is 22.4 Å². The fraction of sp³-hybridized carbons (Fsp3) is 0.241. The standard InChI is InChI=1S/C29H21ClN2O7/c1-13-9-23(34)26-21(27(13)35)12-20-17(24(26)18-6-5-16(33)11-22(18)30)7-8-19-25(20)29(37)31(28(19)36)14-3-2-4-15(10-14)32(38)39/h2-7,9-11,19-20,24-25,33H,8,12H2,1H3. The number of carbonyl (C=O) groups is 4. The van der Waals surface area contributed by atoms with E-state index in [2.05, 4.69) is 0 Å². The number of phenolic OH excluding ortho intramolecular Hbond substituents is 1. The maximum atomic E-state index is 13.9. The molecule has 1 aliphatic heterocycles. The van der Waals surface area contributed by atoms with Crippen LogP contribution < -0.4 is 4.90 Å². The van der Waals surface area contributed by atoms with Crippen LogP contribution in [-0.2, 0) is 19.2 Å². The highest BCUT2D eigenvalue weighted by atomic mass is 35.5. The van der Waals surface area contributed by atoms with Gasteiger partial charge in [-0.3, -0.25) is 29.3 Å². The quantitative estimate of drug-likeness (QED) is 0.196. The largest absolute Gasteiger partial charge is 0.508 e. The van der Waals surface area contributed by atoms with Gasteiger partial charge in [-0.1, -0.05) is 35.4 Å². The second-order valence-electron chi connectivity index (χ2n) is 10.2. The summed E-state index contributed by atoms with van der Waals surface area (Å²) in [6.45, 7) is 1.57. The number of allylic oxidation sites excluding steroid dienone is 6. The predicted octanol–water partition coefficient (Wildman–Crippen LogP) is 4.59. The van der Waals surface area contributed by atoms with E-state index < -0.39 is 40.4 Å². The van der Waals surface area contributed by atoms with Gasteiger partial charge in [0.15, 0.2) is 11.6 Å². The van der Waals surface area contributed by atoms with E-state index in [-0.39, 0.29) is 46.6 Å². The molecule has 6 rings (SSSR count). The molecule has 0 spiro atoms. The van der Waals surface area contributed by atoms with Crippen LogP contribution in [0.25, 0.3) is 0 Å². The van der Waals surface area contributed by atoms with Gasteiger partial charge in [-0.2, -0.15) is 0 Å². The van der Waals surface area contributed by atoms with Gasteiger partial charge in [0.25, 0.3) is 5.69 Å². The Morgan fingerprint density at radius 1 is 1.05 bits per heavy atom. The van der Waals surface area contributed by atoms with Crippen molar-refractivity contribution in [1.29, 1.82) is 0 Å². The van der Waals surface area contributed by atoms with Gasteiger partial charge in [-0.15, -0.1) is 0 Å². The van der Waals surface area contributed by atoms with Crippen molar-refractivity contribution in [1.82, 2.24) is 0 Å². The van der Waals surface area contributed by atoms with Crippen LogP contribution in [0.1, 0.15) is 31.2 Å². The van der Waals surface area contributed by atoms with Gasteiger partial charge in [-0.25, -0.2) is 4.90 Å². The number of aromatic hydroxyl groups is 1. The summed E-state index contributed by atoms with van der Waals surface area (Å²) in [6, 6.07) is 9.78. The molecule has 2 aromatic carbocycles. The molecule has 1 N–H and O–H groups in total. The van der Waals surface area contributed by atoms with E-state index in [1.165, 1.54) is 42.5 Å². The van der Waals surface area contributed by atoms with Gasteiger partial charge in [0, 0.05) is 39.8 Å². The van der Waals surface area contributed by atoms with Crippen molar-refractivity contribution < 1.29 is 29.2 Å². The van der Waals surface area contributed by atoms with E-state index in [1.807, 2.05) is 6.08 Å². The van der Waals surface area contributed by atoms with E-state index in [4.69, 9.17) is 11.6 Å². The third kappa shape index (κ3) is 3.68. The Balaban J connectivity index is 1.48. The molecule has 3 aliphatic carbocycles. The highest BCUT2D eigenvalue weighted by Crippen LogP contribution is 2.56. The van der Waals surface area contributed by atoms with Gasteiger partial charge in [0.2, 0.25) is 11.8 Å². The van der Waals surface area contributed by atoms with Crippen LogP contribution in [-0.4, -0.2) is 33.4 Å². The Labute approximate surface area is 227 Å². The van der Waals surface area contributed by atoms with Crippen LogP contribution in [0, 0.1) is 27.9 Å². The molecule has 4 aliphatic rings. The average Bonchev–Trinajstić information content (AvgIpc) is 3.16. The molecule has 0 radical (unpaired) electrons. The summed E-state index contributed by atoms with van der Waals surface area (Å²) in [4.78, 5) is 65.8. The molecule has 1 fully saturated rings. The first-order valence-corrected chi connectivity index (χ1v) is 12.8. The Bertz CT molecular complexity index is 1640. The Hall–Kier alpha value is -4.37. The third-order valence-electron chi connectivity index (χ3n) is 8.16. The van der Waals surface area contributed by atoms with Crippen molar-refractivity contribution in [2.45, 2.75) is 25.7 Å². The second-order valence-corrected chi connectivity index (χ2v) is 10.6. The molecule has 2 aromatic rings. The van der Waals surface area contributed by atoms with Crippen molar-refractivity contribution in [3.63, 3.8) is 0 Å². The number of Topliss-reactive ketones (excluding diaryl/α,β-unsaturated/α-hetero) is 1. The minimum absolute atomic E-state index is 0.0612. The summed E-state index contributed by atoms with van der Waals surface area (Å²) in [5.41, 5.74) is 1.99. The lowest BCUT2D eigenvalue weighted by Crippen LogP contribution is -2.39. The number of rotatable bonds is 3. The minimum Gasteiger partial charge on any atom is -0.508 e. The number of nitro groups is 1. The fourth-order valence-electron chi connectivity index (χ4n) is 6.49. The van der Waals surface area contributed by atoms with Gasteiger partial charge >= 0.3 is 0 Å². The Kier molecular flexibility index (Phi) is 5.65. The summed E-state index contributed by atoms with van der Waals surface area (Å²) in [7, 11) is 0. The molecular weight excluding hydrogens is 524 g/mol. The number of nitrogens with zero attached hydrogens (tertiary/aromatic N) is 2. The molecule has 10 heteroatoms. The summed E-state index contributed by atoms with van der Waals surface area (Å²) in [5, 5.41) is 21.5. The van der Waals surface area contributed by atoms with Crippen LogP contribution in [0.4, 0.5) is 11.4 Å². The van der Waals surface area contributed by atoms with E-state index in [9.17, 15) is 34.4 Å². The number of non-ortho nitro benzene ring substituents is 1. The first-order valence-electron chi connectivity index (χ1n) is 12.4. The maximum absolute atomic E-state index is 13.9. The lowest BCUT2D eigenvalue weighted by Gasteiger charge is -2.42. The fourth-order valence-corrected chi connectivity index (χ4v) is 6.77. The molecule has 0 bridgehead atoms. The maximum Gasteiger partial charge on any atom is 0.271 e. The highest BCUT2D eigenvalue weighted by molar-refractivity contribution is 6.32. The highest BCUT2D eigenvalue weighted by Gasteiger charge is 2.56. The number of nitro benzene ring substituents is 1. The minimum atomic E-state index is -0.821. The monoisotopic (exact) mass is 544 g/mol. The first-order chi connectivity index (χ1) is 18.6. The zero-order chi connectivity index (χ0) is 27.7. The molecule has 0 saturated carbocycles. The van der Waals surface area contributed by atoms with Crippen molar-refractivity contribution in [3.05, 3.63) is 97.6 Å². The summed E-state index contributed by atoms with van der Waals surface area (Å²) in [5.74, 6) is -4.46. The van der Waals surface area contributed by atoms with Crippen LogP contribution in [0.15, 0.2) is 76.9 Å². The smallest absolute Gasteiger partial charge is 0.271 e. The molecule has 4 unspecified atom stereocenters. The van der Waals surface area contributed by atoms with E-state index in [1.54, 1.807) is 13.0 Å². The number of amides is 2. The number of phenols is 1. The molecule has 1 heterocycles. The number of carbonyl (C=O) groups excluding carboxylic acids is 4. The number of benzene rings is 2.